The maximum Gasteiger partial charge on any atom is 0.337 e. The Hall–Kier alpha value is -3.99. The van der Waals surface area contributed by atoms with E-state index < -0.39 is 11.9 Å². The number of ether oxygens (including phenoxy) is 1. The number of carbonyl (C=O) groups is 2. The van der Waals surface area contributed by atoms with Gasteiger partial charge in [0.15, 0.2) is 0 Å². The molecule has 0 saturated carbocycles. The number of halogens is 1. The topological polar surface area (TPSA) is 91.2 Å². The number of carbonyl (C=O) groups excluding carboxylic acids is 2. The summed E-state index contributed by atoms with van der Waals surface area (Å²) in [6.45, 7) is 5.76. The number of hydrogen-bond acceptors (Lipinski definition) is 6. The summed E-state index contributed by atoms with van der Waals surface area (Å²) in [6, 6.07) is 24.5. The number of nitrogens with zero attached hydrogens (tertiary/aromatic N) is 1. The molecule has 0 fully saturated rings. The number of nitrogens with one attached hydrogen (secondary N) is 2. The average molecular weight is 558 g/mol. The van der Waals surface area contributed by atoms with Crippen molar-refractivity contribution in [3.8, 4) is 6.07 Å². The van der Waals surface area contributed by atoms with Crippen LogP contribution in [0.15, 0.2) is 94.7 Å². The molecule has 39 heavy (non-hydrogen) atoms. The van der Waals surface area contributed by atoms with Crippen LogP contribution in [0.4, 0.5) is 5.69 Å². The minimum Gasteiger partial charge on any atom is -0.457 e. The van der Waals surface area contributed by atoms with E-state index in [1.807, 2.05) is 62.4 Å². The maximum absolute atomic E-state index is 13.4. The number of esters is 1. The second-order valence-corrected chi connectivity index (χ2v) is 10.6. The standard InChI is InChI=1S/C31H28ClN3O3S/c1-19-8-7-9-20(2)29(19)35-26(36)18-39-30-25(16-33)28(23-12-14-24(32)15-13-23)27(21(3)34-30)31(37)38-17-22-10-5-4-6-11-22/h4-15,28,34H,17-18H2,1-3H3,(H,35,36)/t28-/m1/s1. The molecule has 0 unspecified atom stereocenters. The molecule has 1 atom stereocenters. The first-order valence-electron chi connectivity index (χ1n) is 12.4. The van der Waals surface area contributed by atoms with Gasteiger partial charge in [0.25, 0.3) is 0 Å². The molecule has 8 heteroatoms. The van der Waals surface area contributed by atoms with Gasteiger partial charge in [-0.15, -0.1) is 0 Å². The number of aryl methyl sites for hydroxylation is 2. The monoisotopic (exact) mass is 557 g/mol. The smallest absolute Gasteiger partial charge is 0.337 e. The van der Waals surface area contributed by atoms with Gasteiger partial charge in [0, 0.05) is 16.4 Å². The third-order valence-corrected chi connectivity index (χ3v) is 7.65. The first kappa shape index (κ1) is 28.0. The zero-order chi connectivity index (χ0) is 27.9. The van der Waals surface area contributed by atoms with E-state index in [-0.39, 0.29) is 18.3 Å². The lowest BCUT2D eigenvalue weighted by Crippen LogP contribution is -2.29. The molecule has 3 aromatic rings. The molecule has 6 nitrogen and oxygen atoms in total. The number of para-hydroxylation sites is 1. The number of dihydropyridines is 1. The Morgan fingerprint density at radius 3 is 2.31 bits per heavy atom. The highest BCUT2D eigenvalue weighted by Crippen LogP contribution is 2.41. The van der Waals surface area contributed by atoms with Gasteiger partial charge in [-0.25, -0.2) is 4.79 Å². The van der Waals surface area contributed by atoms with Gasteiger partial charge in [-0.3, -0.25) is 4.79 Å². The summed E-state index contributed by atoms with van der Waals surface area (Å²) >= 11 is 7.35. The number of benzene rings is 3. The molecule has 1 amide bonds. The maximum atomic E-state index is 13.4. The summed E-state index contributed by atoms with van der Waals surface area (Å²) in [5, 5.41) is 17.5. The van der Waals surface area contributed by atoms with Crippen molar-refractivity contribution in [2.24, 2.45) is 0 Å². The quantitative estimate of drug-likeness (QED) is 0.297. The van der Waals surface area contributed by atoms with Crippen LogP contribution in [0.2, 0.25) is 5.02 Å². The Kier molecular flexibility index (Phi) is 9.13. The van der Waals surface area contributed by atoms with Crippen molar-refractivity contribution in [3.05, 3.63) is 122 Å². The Balaban J connectivity index is 1.60. The third-order valence-electron chi connectivity index (χ3n) is 6.38. The zero-order valence-corrected chi connectivity index (χ0v) is 23.5. The molecule has 2 N–H and O–H groups in total. The number of allylic oxidation sites excluding steroid dienone is 2. The molecule has 0 aromatic heterocycles. The Morgan fingerprint density at radius 1 is 1.00 bits per heavy atom. The van der Waals surface area contributed by atoms with Gasteiger partial charge in [0.2, 0.25) is 5.91 Å². The molecular weight excluding hydrogens is 530 g/mol. The van der Waals surface area contributed by atoms with Crippen molar-refractivity contribution < 1.29 is 14.3 Å². The van der Waals surface area contributed by atoms with Gasteiger partial charge in [-0.2, -0.15) is 5.26 Å². The lowest BCUT2D eigenvalue weighted by atomic mass is 9.82. The summed E-state index contributed by atoms with van der Waals surface area (Å²) in [4.78, 5) is 26.2. The molecule has 0 bridgehead atoms. The first-order chi connectivity index (χ1) is 18.8. The molecule has 1 heterocycles. The fraction of sp³-hybridized carbons (Fsp3) is 0.194. The van der Waals surface area contributed by atoms with E-state index in [1.54, 1.807) is 31.2 Å². The largest absolute Gasteiger partial charge is 0.457 e. The fourth-order valence-corrected chi connectivity index (χ4v) is 5.43. The molecule has 0 radical (unpaired) electrons. The molecule has 0 spiro atoms. The minimum atomic E-state index is -0.680. The van der Waals surface area contributed by atoms with Gasteiger partial charge in [-0.05, 0) is 55.2 Å². The van der Waals surface area contributed by atoms with Crippen molar-refractivity contribution in [1.82, 2.24) is 5.32 Å². The predicted octanol–water partition coefficient (Wildman–Crippen LogP) is 6.77. The number of hydrogen-bond donors (Lipinski definition) is 2. The van der Waals surface area contributed by atoms with Crippen molar-refractivity contribution in [3.63, 3.8) is 0 Å². The summed E-state index contributed by atoms with van der Waals surface area (Å²) in [5.74, 6) is -1.31. The van der Waals surface area contributed by atoms with Crippen LogP contribution in [-0.2, 0) is 20.9 Å². The zero-order valence-electron chi connectivity index (χ0n) is 21.9. The van der Waals surface area contributed by atoms with Crippen molar-refractivity contribution >= 4 is 40.9 Å². The van der Waals surface area contributed by atoms with Gasteiger partial charge in [0.1, 0.15) is 6.61 Å². The van der Waals surface area contributed by atoms with E-state index in [4.69, 9.17) is 16.3 Å². The van der Waals surface area contributed by atoms with Gasteiger partial charge in [0.05, 0.1) is 33.9 Å². The second kappa shape index (κ2) is 12.7. The van der Waals surface area contributed by atoms with Crippen molar-refractivity contribution in [1.29, 1.82) is 5.26 Å². The van der Waals surface area contributed by atoms with Crippen LogP contribution in [0.1, 0.15) is 35.1 Å². The molecule has 1 aliphatic heterocycles. The molecule has 1 aliphatic rings. The average Bonchev–Trinajstić information content (AvgIpc) is 2.93. The number of amides is 1. The number of anilines is 1. The van der Waals surface area contributed by atoms with E-state index in [0.717, 1.165) is 27.9 Å². The van der Waals surface area contributed by atoms with Crippen molar-refractivity contribution in [2.45, 2.75) is 33.3 Å². The van der Waals surface area contributed by atoms with Crippen LogP contribution in [0.5, 0.6) is 0 Å². The second-order valence-electron chi connectivity index (χ2n) is 9.17. The fourth-order valence-electron chi connectivity index (χ4n) is 4.41. The van der Waals surface area contributed by atoms with E-state index in [2.05, 4.69) is 16.7 Å². The van der Waals surface area contributed by atoms with Crippen molar-refractivity contribution in [2.75, 3.05) is 11.1 Å². The van der Waals surface area contributed by atoms with E-state index in [0.29, 0.717) is 26.9 Å². The number of thioether (sulfide) groups is 1. The Morgan fingerprint density at radius 2 is 1.67 bits per heavy atom. The van der Waals surface area contributed by atoms with Crippen LogP contribution in [-0.4, -0.2) is 17.6 Å². The Labute approximate surface area is 237 Å². The number of rotatable bonds is 8. The molecule has 0 saturated heterocycles. The summed E-state index contributed by atoms with van der Waals surface area (Å²) in [6.07, 6.45) is 0. The van der Waals surface area contributed by atoms with Crippen LogP contribution in [0.25, 0.3) is 0 Å². The highest BCUT2D eigenvalue weighted by Gasteiger charge is 2.35. The van der Waals surface area contributed by atoms with Crippen LogP contribution >= 0.6 is 23.4 Å². The van der Waals surface area contributed by atoms with E-state index in [1.165, 1.54) is 11.8 Å². The molecule has 4 rings (SSSR count). The van der Waals surface area contributed by atoms with E-state index >= 15 is 0 Å². The molecule has 198 valence electrons. The van der Waals surface area contributed by atoms with E-state index in [9.17, 15) is 14.9 Å². The third kappa shape index (κ3) is 6.72. The summed E-state index contributed by atoms with van der Waals surface area (Å²) in [7, 11) is 0. The SMILES string of the molecule is CC1=C(C(=O)OCc2ccccc2)[C@H](c2ccc(Cl)cc2)C(C#N)=C(SCC(=O)Nc2c(C)cccc2C)N1. The van der Waals surface area contributed by atoms with Crippen LogP contribution in [0.3, 0.4) is 0 Å². The summed E-state index contributed by atoms with van der Waals surface area (Å²) in [5.41, 5.74) is 5.55. The van der Waals surface area contributed by atoms with Gasteiger partial charge < -0.3 is 15.4 Å². The highest BCUT2D eigenvalue weighted by atomic mass is 35.5. The lowest BCUT2D eigenvalue weighted by Gasteiger charge is -2.29. The highest BCUT2D eigenvalue weighted by molar-refractivity contribution is 8.03. The molecular formula is C31H28ClN3O3S. The number of nitriles is 1. The summed E-state index contributed by atoms with van der Waals surface area (Å²) < 4.78 is 5.66. The molecule has 0 aliphatic carbocycles. The minimum absolute atomic E-state index is 0.0791. The van der Waals surface area contributed by atoms with Crippen LogP contribution < -0.4 is 10.6 Å². The predicted molar refractivity (Wildman–Crippen MR) is 156 cm³/mol. The van der Waals surface area contributed by atoms with Crippen LogP contribution in [0, 0.1) is 25.2 Å². The lowest BCUT2D eigenvalue weighted by molar-refractivity contribution is -0.140. The van der Waals surface area contributed by atoms with Gasteiger partial charge in [-0.1, -0.05) is 84.0 Å². The Bertz CT molecular complexity index is 1470. The molecule has 3 aromatic carbocycles. The van der Waals surface area contributed by atoms with Gasteiger partial charge >= 0.3 is 5.97 Å². The first-order valence-corrected chi connectivity index (χ1v) is 13.7. The normalized spacial score (nSPS) is 14.9.